The standard InChI is InChI=1S/C13H24N2/c14-8-9-2-1-5-13(7-9)11-4-3-10(6-11)12(13)15/h9-12H,1-8,14-15H2/t9-,10+,11-,12+,13+/m1/s1. The first-order chi connectivity index (χ1) is 7.26. The van der Waals surface area contributed by atoms with Gasteiger partial charge in [-0.3, -0.25) is 0 Å². The van der Waals surface area contributed by atoms with Gasteiger partial charge in [0, 0.05) is 6.04 Å². The molecule has 5 atom stereocenters. The molecule has 0 aromatic rings. The van der Waals surface area contributed by atoms with Gasteiger partial charge >= 0.3 is 0 Å². The highest BCUT2D eigenvalue weighted by molar-refractivity contribution is 5.10. The quantitative estimate of drug-likeness (QED) is 0.691. The van der Waals surface area contributed by atoms with Crippen molar-refractivity contribution in [2.75, 3.05) is 6.54 Å². The lowest BCUT2D eigenvalue weighted by Gasteiger charge is -2.47. The molecule has 0 amide bonds. The maximum atomic E-state index is 6.51. The van der Waals surface area contributed by atoms with Crippen LogP contribution in [-0.4, -0.2) is 12.6 Å². The van der Waals surface area contributed by atoms with Crippen molar-refractivity contribution in [3.8, 4) is 0 Å². The van der Waals surface area contributed by atoms with E-state index < -0.39 is 0 Å². The molecule has 0 saturated heterocycles. The predicted molar refractivity (Wildman–Crippen MR) is 62.3 cm³/mol. The molecule has 1 spiro atoms. The lowest BCUT2D eigenvalue weighted by molar-refractivity contribution is 0.0505. The van der Waals surface area contributed by atoms with E-state index in [-0.39, 0.29) is 0 Å². The zero-order chi connectivity index (χ0) is 10.5. The fourth-order valence-electron chi connectivity index (χ4n) is 4.94. The third kappa shape index (κ3) is 1.31. The molecule has 3 rings (SSSR count). The van der Waals surface area contributed by atoms with Gasteiger partial charge in [0.2, 0.25) is 0 Å². The molecule has 15 heavy (non-hydrogen) atoms. The van der Waals surface area contributed by atoms with Gasteiger partial charge in [0.05, 0.1) is 0 Å². The summed E-state index contributed by atoms with van der Waals surface area (Å²) in [6.45, 7) is 0.881. The molecule has 4 N–H and O–H groups in total. The molecule has 0 aliphatic heterocycles. The minimum atomic E-state index is 0.505. The monoisotopic (exact) mass is 208 g/mol. The summed E-state index contributed by atoms with van der Waals surface area (Å²) in [6.07, 6.45) is 9.74. The van der Waals surface area contributed by atoms with Gasteiger partial charge in [-0.15, -0.1) is 0 Å². The zero-order valence-electron chi connectivity index (χ0n) is 9.62. The lowest BCUT2D eigenvalue weighted by atomic mass is 9.59. The summed E-state index contributed by atoms with van der Waals surface area (Å²) in [5, 5.41) is 0. The average molecular weight is 208 g/mol. The molecule has 3 saturated carbocycles. The van der Waals surface area contributed by atoms with E-state index >= 15 is 0 Å². The number of nitrogens with two attached hydrogens (primary N) is 2. The highest BCUT2D eigenvalue weighted by Crippen LogP contribution is 2.61. The zero-order valence-corrected chi connectivity index (χ0v) is 9.62. The summed E-state index contributed by atoms with van der Waals surface area (Å²) in [4.78, 5) is 0. The first-order valence-corrected chi connectivity index (χ1v) is 6.72. The van der Waals surface area contributed by atoms with Crippen LogP contribution in [0.3, 0.4) is 0 Å². The van der Waals surface area contributed by atoms with Crippen molar-refractivity contribution < 1.29 is 0 Å². The van der Waals surface area contributed by atoms with Crippen LogP contribution in [0.4, 0.5) is 0 Å². The molecule has 2 bridgehead atoms. The summed E-state index contributed by atoms with van der Waals surface area (Å²) in [5.41, 5.74) is 12.9. The Morgan fingerprint density at radius 1 is 1.20 bits per heavy atom. The molecule has 3 aliphatic carbocycles. The Morgan fingerprint density at radius 2 is 2.07 bits per heavy atom. The van der Waals surface area contributed by atoms with Gasteiger partial charge in [-0.05, 0) is 68.2 Å². The third-order valence-electron chi connectivity index (χ3n) is 5.71. The summed E-state index contributed by atoms with van der Waals surface area (Å²) in [6, 6.07) is 0.505. The van der Waals surface area contributed by atoms with Crippen LogP contribution in [0.5, 0.6) is 0 Å². The highest BCUT2D eigenvalue weighted by Gasteiger charge is 2.57. The maximum Gasteiger partial charge on any atom is 0.0127 e. The molecule has 0 radical (unpaired) electrons. The van der Waals surface area contributed by atoms with Crippen LogP contribution >= 0.6 is 0 Å². The predicted octanol–water partition coefficient (Wildman–Crippen LogP) is 1.88. The van der Waals surface area contributed by atoms with Crippen molar-refractivity contribution in [1.82, 2.24) is 0 Å². The first-order valence-electron chi connectivity index (χ1n) is 6.72. The van der Waals surface area contributed by atoms with Gasteiger partial charge in [-0.25, -0.2) is 0 Å². The van der Waals surface area contributed by atoms with E-state index in [1.165, 1.54) is 44.9 Å². The van der Waals surface area contributed by atoms with Crippen molar-refractivity contribution in [2.24, 2.45) is 34.6 Å². The molecule has 2 heteroatoms. The fourth-order valence-corrected chi connectivity index (χ4v) is 4.94. The normalized spacial score (nSPS) is 54.0. The summed E-state index contributed by atoms with van der Waals surface area (Å²) < 4.78 is 0. The first kappa shape index (κ1) is 10.1. The van der Waals surface area contributed by atoms with Crippen LogP contribution in [0.2, 0.25) is 0 Å². The lowest BCUT2D eigenvalue weighted by Crippen LogP contribution is -2.49. The van der Waals surface area contributed by atoms with E-state index in [2.05, 4.69) is 0 Å². The Morgan fingerprint density at radius 3 is 2.73 bits per heavy atom. The van der Waals surface area contributed by atoms with E-state index in [0.717, 1.165) is 24.3 Å². The van der Waals surface area contributed by atoms with Crippen molar-refractivity contribution in [3.63, 3.8) is 0 Å². The Hall–Kier alpha value is -0.0800. The van der Waals surface area contributed by atoms with E-state index in [4.69, 9.17) is 11.5 Å². The number of rotatable bonds is 1. The SMILES string of the molecule is NC[C@@H]1CCC[C@]2(C1)[C@@H]1CC[C@@H](C1)[C@@H]2N. The molecular weight excluding hydrogens is 184 g/mol. The largest absolute Gasteiger partial charge is 0.330 e. The smallest absolute Gasteiger partial charge is 0.0127 e. The van der Waals surface area contributed by atoms with E-state index in [1.807, 2.05) is 0 Å². The van der Waals surface area contributed by atoms with Crippen LogP contribution in [0.25, 0.3) is 0 Å². The van der Waals surface area contributed by atoms with Gasteiger partial charge in [0.1, 0.15) is 0 Å². The van der Waals surface area contributed by atoms with Crippen LogP contribution < -0.4 is 11.5 Å². The Labute approximate surface area is 92.8 Å². The van der Waals surface area contributed by atoms with Crippen molar-refractivity contribution in [2.45, 2.75) is 51.0 Å². The van der Waals surface area contributed by atoms with Crippen LogP contribution in [0, 0.1) is 23.2 Å². The third-order valence-corrected chi connectivity index (χ3v) is 5.71. The molecule has 3 aliphatic rings. The molecule has 2 nitrogen and oxygen atoms in total. The van der Waals surface area contributed by atoms with Gasteiger partial charge < -0.3 is 11.5 Å². The highest BCUT2D eigenvalue weighted by atomic mass is 14.8. The van der Waals surface area contributed by atoms with Gasteiger partial charge in [-0.2, -0.15) is 0 Å². The molecule has 0 unspecified atom stereocenters. The van der Waals surface area contributed by atoms with Crippen molar-refractivity contribution in [3.05, 3.63) is 0 Å². The van der Waals surface area contributed by atoms with Gasteiger partial charge in [0.15, 0.2) is 0 Å². The second-order valence-electron chi connectivity index (χ2n) is 6.23. The summed E-state index contributed by atoms with van der Waals surface area (Å²) in [7, 11) is 0. The van der Waals surface area contributed by atoms with Gasteiger partial charge in [0.25, 0.3) is 0 Å². The molecule has 0 aromatic carbocycles. The van der Waals surface area contributed by atoms with Crippen molar-refractivity contribution in [1.29, 1.82) is 0 Å². The minimum absolute atomic E-state index is 0.505. The Bertz CT molecular complexity index is 249. The molecule has 86 valence electrons. The topological polar surface area (TPSA) is 52.0 Å². The second kappa shape index (κ2) is 3.46. The Kier molecular flexibility index (Phi) is 2.33. The van der Waals surface area contributed by atoms with E-state index in [0.29, 0.717) is 11.5 Å². The van der Waals surface area contributed by atoms with Crippen LogP contribution in [-0.2, 0) is 0 Å². The Balaban J connectivity index is 1.83. The minimum Gasteiger partial charge on any atom is -0.330 e. The van der Waals surface area contributed by atoms with Gasteiger partial charge in [-0.1, -0.05) is 6.42 Å². The van der Waals surface area contributed by atoms with Crippen LogP contribution in [0.15, 0.2) is 0 Å². The summed E-state index contributed by atoms with van der Waals surface area (Å²) >= 11 is 0. The number of hydrogen-bond donors (Lipinski definition) is 2. The maximum absolute atomic E-state index is 6.51. The number of hydrogen-bond acceptors (Lipinski definition) is 2. The number of fused-ring (bicyclic) bond motifs is 3. The molecule has 0 heterocycles. The second-order valence-corrected chi connectivity index (χ2v) is 6.23. The average Bonchev–Trinajstić information content (AvgIpc) is 2.84. The molecule has 0 aromatic heterocycles. The molecule has 3 fully saturated rings. The van der Waals surface area contributed by atoms with Crippen LogP contribution in [0.1, 0.15) is 44.9 Å². The van der Waals surface area contributed by atoms with E-state index in [9.17, 15) is 0 Å². The van der Waals surface area contributed by atoms with E-state index in [1.54, 1.807) is 0 Å². The summed E-state index contributed by atoms with van der Waals surface area (Å²) in [5.74, 6) is 2.57. The van der Waals surface area contributed by atoms with Crippen molar-refractivity contribution >= 4 is 0 Å². The molecular formula is C13H24N2. The fraction of sp³-hybridized carbons (Fsp3) is 1.00.